The summed E-state index contributed by atoms with van der Waals surface area (Å²) in [6.07, 6.45) is 0. The van der Waals surface area contributed by atoms with Crippen LogP contribution in [0.15, 0.2) is 75.9 Å². The zero-order valence-electron chi connectivity index (χ0n) is 12.6. The third kappa shape index (κ3) is 2.18. The third-order valence-electron chi connectivity index (χ3n) is 4.00. The predicted molar refractivity (Wildman–Crippen MR) is 92.0 cm³/mol. The zero-order chi connectivity index (χ0) is 15.8. The van der Waals surface area contributed by atoms with Crippen LogP contribution in [0.2, 0.25) is 0 Å². The molecule has 0 saturated carbocycles. The molecule has 0 N–H and O–H groups in total. The van der Waals surface area contributed by atoms with Crippen molar-refractivity contribution in [2.45, 2.75) is 0 Å². The highest BCUT2D eigenvalue weighted by molar-refractivity contribution is 5.99. The molecule has 4 aromatic rings. The van der Waals surface area contributed by atoms with Gasteiger partial charge in [0.05, 0.1) is 12.5 Å². The largest absolute Gasteiger partial charge is 0.496 e. The molecule has 0 unspecified atom stereocenters. The Kier molecular flexibility index (Phi) is 3.12. The average Bonchev–Trinajstić information content (AvgIpc) is 2.60. The van der Waals surface area contributed by atoms with E-state index < -0.39 is 0 Å². The zero-order valence-corrected chi connectivity index (χ0v) is 12.6. The van der Waals surface area contributed by atoms with E-state index in [0.717, 1.165) is 22.1 Å². The number of para-hydroxylation sites is 1. The third-order valence-corrected chi connectivity index (χ3v) is 4.00. The van der Waals surface area contributed by atoms with Crippen LogP contribution >= 0.6 is 0 Å². The fourth-order valence-electron chi connectivity index (χ4n) is 2.90. The van der Waals surface area contributed by atoms with Crippen molar-refractivity contribution in [1.29, 1.82) is 0 Å². The highest BCUT2D eigenvalue weighted by atomic mass is 16.5. The molecule has 112 valence electrons. The summed E-state index contributed by atoms with van der Waals surface area (Å²) < 4.78 is 11.4. The second-order valence-electron chi connectivity index (χ2n) is 5.33. The minimum atomic E-state index is -0.0400. The first-order chi connectivity index (χ1) is 11.3. The number of rotatable bonds is 2. The quantitative estimate of drug-likeness (QED) is 0.542. The Hall–Kier alpha value is -3.07. The summed E-state index contributed by atoms with van der Waals surface area (Å²) in [4.78, 5) is 12.3. The maximum atomic E-state index is 12.3. The molecule has 4 rings (SSSR count). The molecule has 0 atom stereocenters. The number of hydrogen-bond donors (Lipinski definition) is 0. The molecular weight excluding hydrogens is 288 g/mol. The van der Waals surface area contributed by atoms with Crippen LogP contribution in [0, 0.1) is 0 Å². The molecule has 0 bridgehead atoms. The second kappa shape index (κ2) is 5.29. The standard InChI is InChI=1S/C20H14O3/c1-22-18-11-10-15(13-6-2-3-7-14(13)18)20-12-17(21)16-8-4-5-9-19(16)23-20/h2-12H,1H3. The fourth-order valence-corrected chi connectivity index (χ4v) is 2.90. The van der Waals surface area contributed by atoms with Crippen molar-refractivity contribution in [2.75, 3.05) is 7.11 Å². The van der Waals surface area contributed by atoms with E-state index in [1.165, 1.54) is 0 Å². The minimum Gasteiger partial charge on any atom is -0.496 e. The van der Waals surface area contributed by atoms with Gasteiger partial charge >= 0.3 is 0 Å². The van der Waals surface area contributed by atoms with E-state index in [9.17, 15) is 4.79 Å². The van der Waals surface area contributed by atoms with E-state index in [4.69, 9.17) is 9.15 Å². The van der Waals surface area contributed by atoms with Gasteiger partial charge in [-0.25, -0.2) is 0 Å². The van der Waals surface area contributed by atoms with Gasteiger partial charge in [0.1, 0.15) is 17.1 Å². The van der Waals surface area contributed by atoms with Crippen LogP contribution < -0.4 is 10.2 Å². The lowest BCUT2D eigenvalue weighted by Crippen LogP contribution is -2.00. The first-order valence-corrected chi connectivity index (χ1v) is 7.37. The lowest BCUT2D eigenvalue weighted by Gasteiger charge is -2.10. The van der Waals surface area contributed by atoms with Gasteiger partial charge in [-0.2, -0.15) is 0 Å². The molecule has 0 aliphatic rings. The van der Waals surface area contributed by atoms with Crippen molar-refractivity contribution in [3.8, 4) is 17.1 Å². The topological polar surface area (TPSA) is 39.4 Å². The average molecular weight is 302 g/mol. The molecule has 1 heterocycles. The van der Waals surface area contributed by atoms with E-state index in [-0.39, 0.29) is 5.43 Å². The van der Waals surface area contributed by atoms with Crippen LogP contribution in [0.25, 0.3) is 33.1 Å². The maximum Gasteiger partial charge on any atom is 0.193 e. The molecule has 0 aliphatic heterocycles. The summed E-state index contributed by atoms with van der Waals surface area (Å²) in [6, 6.07) is 20.6. The van der Waals surface area contributed by atoms with E-state index in [1.807, 2.05) is 54.6 Å². The Balaban J connectivity index is 2.05. The summed E-state index contributed by atoms with van der Waals surface area (Å²) in [5, 5.41) is 2.57. The fraction of sp³-hybridized carbons (Fsp3) is 0.0500. The molecule has 0 amide bonds. The Morgan fingerprint density at radius 1 is 0.826 bits per heavy atom. The molecule has 0 spiro atoms. The lowest BCUT2D eigenvalue weighted by molar-refractivity contribution is 0.420. The predicted octanol–water partition coefficient (Wildman–Crippen LogP) is 4.62. The van der Waals surface area contributed by atoms with Crippen LogP contribution in [0.1, 0.15) is 0 Å². The summed E-state index contributed by atoms with van der Waals surface area (Å²) in [7, 11) is 1.65. The SMILES string of the molecule is COc1ccc(-c2cc(=O)c3ccccc3o2)c2ccccc12. The highest BCUT2D eigenvalue weighted by Gasteiger charge is 2.12. The lowest BCUT2D eigenvalue weighted by atomic mass is 10.0. The van der Waals surface area contributed by atoms with Gasteiger partial charge in [0.15, 0.2) is 5.43 Å². The van der Waals surface area contributed by atoms with E-state index in [1.54, 1.807) is 19.2 Å². The van der Waals surface area contributed by atoms with Gasteiger partial charge in [-0.05, 0) is 29.7 Å². The van der Waals surface area contributed by atoms with E-state index in [0.29, 0.717) is 16.7 Å². The van der Waals surface area contributed by atoms with Gasteiger partial charge in [0, 0.05) is 17.0 Å². The number of benzene rings is 3. The molecule has 3 heteroatoms. The first-order valence-electron chi connectivity index (χ1n) is 7.37. The van der Waals surface area contributed by atoms with E-state index >= 15 is 0 Å². The van der Waals surface area contributed by atoms with Crippen molar-refractivity contribution in [3.05, 3.63) is 77.0 Å². The molecule has 3 aromatic carbocycles. The van der Waals surface area contributed by atoms with Crippen LogP contribution in [0.4, 0.5) is 0 Å². The van der Waals surface area contributed by atoms with Crippen molar-refractivity contribution in [2.24, 2.45) is 0 Å². The van der Waals surface area contributed by atoms with Gasteiger partial charge in [0.2, 0.25) is 0 Å². The van der Waals surface area contributed by atoms with Gasteiger partial charge < -0.3 is 9.15 Å². The second-order valence-corrected chi connectivity index (χ2v) is 5.33. The summed E-state index contributed by atoms with van der Waals surface area (Å²) in [5.74, 6) is 1.36. The minimum absolute atomic E-state index is 0.0400. The van der Waals surface area contributed by atoms with Gasteiger partial charge in [0.25, 0.3) is 0 Å². The van der Waals surface area contributed by atoms with Crippen LogP contribution in [0.5, 0.6) is 5.75 Å². The Morgan fingerprint density at radius 2 is 1.52 bits per heavy atom. The van der Waals surface area contributed by atoms with Crippen molar-refractivity contribution >= 4 is 21.7 Å². The van der Waals surface area contributed by atoms with Crippen molar-refractivity contribution in [1.82, 2.24) is 0 Å². The molecule has 0 fully saturated rings. The number of hydrogen-bond acceptors (Lipinski definition) is 3. The van der Waals surface area contributed by atoms with Crippen molar-refractivity contribution in [3.63, 3.8) is 0 Å². The Labute approximate surface area is 132 Å². The molecule has 0 aliphatic carbocycles. The molecular formula is C20H14O3. The monoisotopic (exact) mass is 302 g/mol. The van der Waals surface area contributed by atoms with Crippen LogP contribution in [-0.2, 0) is 0 Å². The van der Waals surface area contributed by atoms with Crippen LogP contribution in [-0.4, -0.2) is 7.11 Å². The first kappa shape index (κ1) is 13.6. The van der Waals surface area contributed by atoms with E-state index in [2.05, 4.69) is 0 Å². The Morgan fingerprint density at radius 3 is 2.30 bits per heavy atom. The number of fused-ring (bicyclic) bond motifs is 2. The molecule has 3 nitrogen and oxygen atoms in total. The molecule has 0 radical (unpaired) electrons. The van der Waals surface area contributed by atoms with Crippen LogP contribution in [0.3, 0.4) is 0 Å². The van der Waals surface area contributed by atoms with Gasteiger partial charge in [-0.1, -0.05) is 36.4 Å². The highest BCUT2D eigenvalue weighted by Crippen LogP contribution is 2.34. The Bertz CT molecular complexity index is 1080. The van der Waals surface area contributed by atoms with Crippen molar-refractivity contribution < 1.29 is 9.15 Å². The molecule has 1 aromatic heterocycles. The molecule has 0 saturated heterocycles. The normalized spacial score (nSPS) is 11.0. The molecule has 23 heavy (non-hydrogen) atoms. The number of ether oxygens (including phenoxy) is 1. The van der Waals surface area contributed by atoms with Gasteiger partial charge in [-0.3, -0.25) is 4.79 Å². The number of methoxy groups -OCH3 is 1. The smallest absolute Gasteiger partial charge is 0.193 e. The summed E-state index contributed by atoms with van der Waals surface area (Å²) in [5.41, 5.74) is 1.43. The van der Waals surface area contributed by atoms with Gasteiger partial charge in [-0.15, -0.1) is 0 Å². The summed E-state index contributed by atoms with van der Waals surface area (Å²) in [6.45, 7) is 0. The summed E-state index contributed by atoms with van der Waals surface area (Å²) >= 11 is 0. The maximum absolute atomic E-state index is 12.3.